The van der Waals surface area contributed by atoms with E-state index in [0.717, 1.165) is 22.3 Å². The van der Waals surface area contributed by atoms with Gasteiger partial charge in [0.2, 0.25) is 0 Å². The molecule has 0 aliphatic rings. The van der Waals surface area contributed by atoms with Gasteiger partial charge in [-0.05, 0) is 35.9 Å². The molecule has 3 heterocycles. The van der Waals surface area contributed by atoms with E-state index in [1.54, 1.807) is 0 Å². The van der Waals surface area contributed by atoms with Crippen molar-refractivity contribution in [1.29, 1.82) is 0 Å². The van der Waals surface area contributed by atoms with Crippen LogP contribution in [0.15, 0.2) is 73.2 Å². The van der Waals surface area contributed by atoms with E-state index in [-0.39, 0.29) is 5.92 Å². The molecule has 0 saturated heterocycles. The molecule has 0 spiro atoms. The highest BCUT2D eigenvalue weighted by Gasteiger charge is 2.20. The number of nitrogens with one attached hydrogen (secondary N) is 2. The zero-order chi connectivity index (χ0) is 14.1. The summed E-state index contributed by atoms with van der Waals surface area (Å²) in [4.78, 5) is 11.3. The maximum absolute atomic E-state index is 4.59. The Morgan fingerprint density at radius 2 is 1.48 bits per heavy atom. The van der Waals surface area contributed by atoms with E-state index in [0.29, 0.717) is 0 Å². The number of H-pyrrole nitrogens is 2. The van der Waals surface area contributed by atoms with E-state index in [1.165, 1.54) is 5.56 Å². The zero-order valence-electron chi connectivity index (χ0n) is 11.5. The first-order valence-electron chi connectivity index (χ1n) is 7.04. The molecule has 0 atom stereocenters. The first-order valence-corrected chi connectivity index (χ1v) is 7.04. The molecular weight excluding hydrogens is 258 g/mol. The van der Waals surface area contributed by atoms with E-state index >= 15 is 0 Å². The normalized spacial score (nSPS) is 11.3. The molecule has 3 heteroatoms. The van der Waals surface area contributed by atoms with Crippen molar-refractivity contribution in [3.63, 3.8) is 0 Å². The summed E-state index contributed by atoms with van der Waals surface area (Å²) in [6.45, 7) is 0. The average Bonchev–Trinajstić information content (AvgIpc) is 3.22. The van der Waals surface area contributed by atoms with Crippen molar-refractivity contribution in [2.75, 3.05) is 0 Å². The Hall–Kier alpha value is -2.81. The third-order valence-electron chi connectivity index (χ3n) is 3.84. The second-order valence-electron chi connectivity index (χ2n) is 5.11. The Bertz CT molecular complexity index is 806. The van der Waals surface area contributed by atoms with Gasteiger partial charge in [0.1, 0.15) is 0 Å². The number of hydrogen-bond donors (Lipinski definition) is 2. The molecule has 0 bridgehead atoms. The summed E-state index contributed by atoms with van der Waals surface area (Å²) in [5, 5.41) is 1.16. The Balaban J connectivity index is 1.98. The summed E-state index contributed by atoms with van der Waals surface area (Å²) in [7, 11) is 0. The molecule has 3 nitrogen and oxygen atoms in total. The molecule has 0 aliphatic carbocycles. The number of aromatic amines is 2. The Labute approximate surface area is 122 Å². The number of nitrogens with zero attached hydrogens (tertiary/aromatic N) is 1. The minimum atomic E-state index is 0.133. The lowest BCUT2D eigenvalue weighted by Crippen LogP contribution is -2.05. The summed E-state index contributed by atoms with van der Waals surface area (Å²) in [6, 6.07) is 18.7. The number of aromatic nitrogens is 3. The van der Waals surface area contributed by atoms with E-state index in [4.69, 9.17) is 0 Å². The zero-order valence-corrected chi connectivity index (χ0v) is 11.5. The topological polar surface area (TPSA) is 44.5 Å². The molecule has 4 rings (SSSR count). The summed E-state index contributed by atoms with van der Waals surface area (Å²) < 4.78 is 0. The quantitative estimate of drug-likeness (QED) is 0.580. The number of rotatable bonds is 3. The van der Waals surface area contributed by atoms with E-state index in [9.17, 15) is 0 Å². The number of benzene rings is 1. The van der Waals surface area contributed by atoms with Gasteiger partial charge in [0.05, 0.1) is 11.4 Å². The van der Waals surface area contributed by atoms with Gasteiger partial charge in [-0.25, -0.2) is 0 Å². The molecule has 2 N–H and O–H groups in total. The van der Waals surface area contributed by atoms with Crippen LogP contribution >= 0.6 is 0 Å². The van der Waals surface area contributed by atoms with Crippen LogP contribution in [0.1, 0.15) is 22.9 Å². The minimum Gasteiger partial charge on any atom is -0.364 e. The molecule has 1 aromatic carbocycles. The Morgan fingerprint density at radius 1 is 0.762 bits per heavy atom. The smallest absolute Gasteiger partial charge is 0.0744 e. The number of fused-ring (bicyclic) bond motifs is 1. The van der Waals surface area contributed by atoms with Crippen molar-refractivity contribution in [2.45, 2.75) is 5.92 Å². The molecule has 0 aliphatic heterocycles. The van der Waals surface area contributed by atoms with Crippen LogP contribution in [-0.4, -0.2) is 15.0 Å². The summed E-state index contributed by atoms with van der Waals surface area (Å²) in [5.74, 6) is 0.133. The molecular formula is C18H15N3. The number of hydrogen-bond acceptors (Lipinski definition) is 1. The van der Waals surface area contributed by atoms with Gasteiger partial charge in [-0.1, -0.05) is 24.3 Å². The Morgan fingerprint density at radius 3 is 2.14 bits per heavy atom. The first-order chi connectivity index (χ1) is 10.4. The second-order valence-corrected chi connectivity index (χ2v) is 5.11. The van der Waals surface area contributed by atoms with E-state index in [1.807, 2.05) is 36.8 Å². The van der Waals surface area contributed by atoms with Crippen LogP contribution in [0.5, 0.6) is 0 Å². The van der Waals surface area contributed by atoms with Crippen molar-refractivity contribution in [3.05, 3.63) is 90.1 Å². The van der Waals surface area contributed by atoms with Crippen LogP contribution in [0, 0.1) is 0 Å². The van der Waals surface area contributed by atoms with Gasteiger partial charge in [0.25, 0.3) is 0 Å². The summed E-state index contributed by atoms with van der Waals surface area (Å²) in [5.41, 5.74) is 4.58. The lowest BCUT2D eigenvalue weighted by atomic mass is 9.91. The van der Waals surface area contributed by atoms with Crippen LogP contribution in [0.4, 0.5) is 0 Å². The fraction of sp³-hybridized carbons (Fsp3) is 0.0556. The molecule has 0 unspecified atom stereocenters. The van der Waals surface area contributed by atoms with Gasteiger partial charge >= 0.3 is 0 Å². The van der Waals surface area contributed by atoms with Crippen molar-refractivity contribution in [1.82, 2.24) is 15.0 Å². The molecule has 0 amide bonds. The molecule has 0 radical (unpaired) electrons. The molecule has 21 heavy (non-hydrogen) atoms. The molecule has 102 valence electrons. The van der Waals surface area contributed by atoms with Crippen molar-refractivity contribution in [2.24, 2.45) is 0 Å². The van der Waals surface area contributed by atoms with Gasteiger partial charge < -0.3 is 9.97 Å². The van der Waals surface area contributed by atoms with E-state index in [2.05, 4.69) is 51.4 Å². The lowest BCUT2D eigenvalue weighted by molar-refractivity contribution is 0.903. The molecule has 4 aromatic rings. The number of pyridine rings is 1. The highest BCUT2D eigenvalue weighted by Crippen LogP contribution is 2.33. The van der Waals surface area contributed by atoms with Crippen LogP contribution in [0.3, 0.4) is 0 Å². The van der Waals surface area contributed by atoms with Crippen LogP contribution in [-0.2, 0) is 0 Å². The molecule has 0 fully saturated rings. The standard InChI is InChI=1S/C18H15N3/c1-5-13-6-2-12-21-18(13)14(7-1)17(15-8-3-10-19-15)16-9-4-11-20-16/h1-12,17,19-20H. The fourth-order valence-electron chi connectivity index (χ4n) is 2.91. The first kappa shape index (κ1) is 12.0. The average molecular weight is 273 g/mol. The molecule has 3 aromatic heterocycles. The highest BCUT2D eigenvalue weighted by molar-refractivity contribution is 5.83. The monoisotopic (exact) mass is 273 g/mol. The second kappa shape index (κ2) is 4.94. The third kappa shape index (κ3) is 2.03. The largest absolute Gasteiger partial charge is 0.364 e. The van der Waals surface area contributed by atoms with Crippen molar-refractivity contribution >= 4 is 10.9 Å². The maximum Gasteiger partial charge on any atom is 0.0744 e. The van der Waals surface area contributed by atoms with Gasteiger partial charge in [-0.15, -0.1) is 0 Å². The van der Waals surface area contributed by atoms with Gasteiger partial charge in [-0.2, -0.15) is 0 Å². The van der Waals surface area contributed by atoms with Crippen LogP contribution < -0.4 is 0 Å². The predicted octanol–water partition coefficient (Wildman–Crippen LogP) is 4.07. The van der Waals surface area contributed by atoms with E-state index < -0.39 is 0 Å². The van der Waals surface area contributed by atoms with Gasteiger partial charge in [0, 0.05) is 35.4 Å². The van der Waals surface area contributed by atoms with Crippen LogP contribution in [0.25, 0.3) is 10.9 Å². The highest BCUT2D eigenvalue weighted by atomic mass is 14.8. The van der Waals surface area contributed by atoms with Crippen molar-refractivity contribution in [3.8, 4) is 0 Å². The van der Waals surface area contributed by atoms with Crippen LogP contribution in [0.2, 0.25) is 0 Å². The van der Waals surface area contributed by atoms with Crippen molar-refractivity contribution < 1.29 is 0 Å². The maximum atomic E-state index is 4.59. The minimum absolute atomic E-state index is 0.133. The SMILES string of the molecule is c1c[nH]c(C(c2ccc[nH]2)c2cccc3cccnc23)c1. The van der Waals surface area contributed by atoms with Gasteiger partial charge in [-0.3, -0.25) is 4.98 Å². The molecule has 0 saturated carbocycles. The number of para-hydroxylation sites is 1. The summed E-state index contributed by atoms with van der Waals surface area (Å²) >= 11 is 0. The predicted molar refractivity (Wildman–Crippen MR) is 84.3 cm³/mol. The van der Waals surface area contributed by atoms with Gasteiger partial charge in [0.15, 0.2) is 0 Å². The summed E-state index contributed by atoms with van der Waals surface area (Å²) in [6.07, 6.45) is 5.78. The third-order valence-corrected chi connectivity index (χ3v) is 3.84. The fourth-order valence-corrected chi connectivity index (χ4v) is 2.91. The Kier molecular flexibility index (Phi) is 2.82. The lowest BCUT2D eigenvalue weighted by Gasteiger charge is -2.17.